The summed E-state index contributed by atoms with van der Waals surface area (Å²) in [6.45, 7) is 4.27. The molecule has 1 heterocycles. The van der Waals surface area contributed by atoms with E-state index in [9.17, 15) is 4.79 Å². The van der Waals surface area contributed by atoms with Crippen LogP contribution in [0.25, 0.3) is 0 Å². The molecule has 0 spiro atoms. The molecule has 0 radical (unpaired) electrons. The standard InChI is InChI=1S/C19H19ClN2O5/c1-3-24-14-4-6-15(7-5-14)27-12(2)19(23)22-21-10-13-8-16(20)18-17(9-13)25-11-26-18/h4-10,12H,3,11H2,1-2H3,(H,22,23)/b21-10-/t12-/m0/s1. The van der Waals surface area contributed by atoms with Gasteiger partial charge in [-0.3, -0.25) is 4.79 Å². The van der Waals surface area contributed by atoms with Crippen molar-refractivity contribution in [3.63, 3.8) is 0 Å². The molecule has 1 amide bonds. The van der Waals surface area contributed by atoms with Gasteiger partial charge in [0.25, 0.3) is 5.91 Å². The number of carbonyl (C=O) groups excluding carboxylic acids is 1. The molecule has 2 aromatic rings. The second-order valence-electron chi connectivity index (χ2n) is 5.64. The number of ether oxygens (including phenoxy) is 4. The topological polar surface area (TPSA) is 78.4 Å². The molecule has 2 aromatic carbocycles. The number of halogens is 1. The van der Waals surface area contributed by atoms with E-state index in [4.69, 9.17) is 30.5 Å². The van der Waals surface area contributed by atoms with E-state index in [1.807, 2.05) is 6.92 Å². The van der Waals surface area contributed by atoms with Crippen molar-refractivity contribution >= 4 is 23.7 Å². The van der Waals surface area contributed by atoms with Crippen LogP contribution in [-0.4, -0.2) is 31.6 Å². The third-order valence-corrected chi connectivity index (χ3v) is 3.94. The maximum absolute atomic E-state index is 12.1. The number of carbonyl (C=O) groups is 1. The normalized spacial score (nSPS) is 13.4. The minimum absolute atomic E-state index is 0.132. The first-order valence-electron chi connectivity index (χ1n) is 8.38. The first-order chi connectivity index (χ1) is 13.1. The Bertz CT molecular complexity index is 839. The van der Waals surface area contributed by atoms with Crippen LogP contribution in [0, 0.1) is 0 Å². The van der Waals surface area contributed by atoms with Crippen molar-refractivity contribution in [3.8, 4) is 23.0 Å². The second kappa shape index (κ2) is 8.64. The fourth-order valence-electron chi connectivity index (χ4n) is 2.36. The summed E-state index contributed by atoms with van der Waals surface area (Å²) < 4.78 is 21.5. The number of fused-ring (bicyclic) bond motifs is 1. The molecule has 7 nitrogen and oxygen atoms in total. The third kappa shape index (κ3) is 4.83. The molecule has 8 heteroatoms. The molecule has 0 aromatic heterocycles. The molecule has 142 valence electrons. The Morgan fingerprint density at radius 1 is 1.30 bits per heavy atom. The Kier molecular flexibility index (Phi) is 6.03. The molecular formula is C19H19ClN2O5. The highest BCUT2D eigenvalue weighted by atomic mass is 35.5. The molecule has 0 saturated heterocycles. The van der Waals surface area contributed by atoms with Crippen molar-refractivity contribution in [1.29, 1.82) is 0 Å². The van der Waals surface area contributed by atoms with Gasteiger partial charge < -0.3 is 18.9 Å². The van der Waals surface area contributed by atoms with Crippen molar-refractivity contribution in [2.45, 2.75) is 20.0 Å². The van der Waals surface area contributed by atoms with Crippen molar-refractivity contribution in [3.05, 3.63) is 47.0 Å². The van der Waals surface area contributed by atoms with E-state index < -0.39 is 6.10 Å². The Morgan fingerprint density at radius 3 is 2.78 bits per heavy atom. The highest BCUT2D eigenvalue weighted by molar-refractivity contribution is 6.32. The van der Waals surface area contributed by atoms with E-state index in [0.29, 0.717) is 34.4 Å². The summed E-state index contributed by atoms with van der Waals surface area (Å²) in [6.07, 6.45) is 0.746. The predicted octanol–water partition coefficient (Wildman–Crippen LogP) is 3.39. The zero-order chi connectivity index (χ0) is 19.2. The molecule has 1 aliphatic heterocycles. The fourth-order valence-corrected chi connectivity index (χ4v) is 2.64. The van der Waals surface area contributed by atoms with Gasteiger partial charge in [0.15, 0.2) is 17.6 Å². The Morgan fingerprint density at radius 2 is 2.04 bits per heavy atom. The first kappa shape index (κ1) is 18.8. The summed E-state index contributed by atoms with van der Waals surface area (Å²) in [4.78, 5) is 12.1. The number of amides is 1. The van der Waals surface area contributed by atoms with Gasteiger partial charge >= 0.3 is 0 Å². The summed E-state index contributed by atoms with van der Waals surface area (Å²) in [5.41, 5.74) is 3.11. The van der Waals surface area contributed by atoms with Gasteiger partial charge in [-0.15, -0.1) is 0 Å². The molecule has 0 aliphatic carbocycles. The first-order valence-corrected chi connectivity index (χ1v) is 8.76. The van der Waals surface area contributed by atoms with Gasteiger partial charge in [0.05, 0.1) is 17.8 Å². The number of hydrazone groups is 1. The van der Waals surface area contributed by atoms with Crippen LogP contribution in [-0.2, 0) is 4.79 Å². The SMILES string of the molecule is CCOc1ccc(O[C@@H](C)C(=O)N/N=C\c2cc(Cl)c3c(c2)OCO3)cc1. The fraction of sp³-hybridized carbons (Fsp3) is 0.263. The number of rotatable bonds is 7. The summed E-state index contributed by atoms with van der Waals surface area (Å²) >= 11 is 6.10. The van der Waals surface area contributed by atoms with Gasteiger partial charge in [0, 0.05) is 0 Å². The average Bonchev–Trinajstić information content (AvgIpc) is 3.12. The van der Waals surface area contributed by atoms with Crippen molar-refractivity contribution in [2.75, 3.05) is 13.4 Å². The van der Waals surface area contributed by atoms with Gasteiger partial charge in [-0.25, -0.2) is 5.43 Å². The molecule has 27 heavy (non-hydrogen) atoms. The van der Waals surface area contributed by atoms with E-state index in [0.717, 1.165) is 5.75 Å². The van der Waals surface area contributed by atoms with Crippen LogP contribution < -0.4 is 24.4 Å². The maximum atomic E-state index is 12.1. The molecule has 3 rings (SSSR count). The van der Waals surface area contributed by atoms with E-state index in [2.05, 4.69) is 10.5 Å². The molecule has 1 atom stereocenters. The number of benzene rings is 2. The zero-order valence-electron chi connectivity index (χ0n) is 14.9. The monoisotopic (exact) mass is 390 g/mol. The highest BCUT2D eigenvalue weighted by Gasteiger charge is 2.18. The summed E-state index contributed by atoms with van der Waals surface area (Å²) in [6, 6.07) is 10.4. The minimum atomic E-state index is -0.722. The van der Waals surface area contributed by atoms with Gasteiger partial charge in [0.1, 0.15) is 11.5 Å². The van der Waals surface area contributed by atoms with Gasteiger partial charge in [0.2, 0.25) is 6.79 Å². The molecule has 0 fully saturated rings. The van der Waals surface area contributed by atoms with Crippen molar-refractivity contribution in [2.24, 2.45) is 5.10 Å². The van der Waals surface area contributed by atoms with Crippen LogP contribution in [0.4, 0.5) is 0 Å². The molecule has 0 saturated carbocycles. The number of nitrogens with zero attached hydrogens (tertiary/aromatic N) is 1. The van der Waals surface area contributed by atoms with Crippen LogP contribution >= 0.6 is 11.6 Å². The van der Waals surface area contributed by atoms with Crippen LogP contribution in [0.5, 0.6) is 23.0 Å². The van der Waals surface area contributed by atoms with E-state index >= 15 is 0 Å². The lowest BCUT2D eigenvalue weighted by molar-refractivity contribution is -0.127. The van der Waals surface area contributed by atoms with E-state index in [1.165, 1.54) is 6.21 Å². The average molecular weight is 391 g/mol. The van der Waals surface area contributed by atoms with Crippen molar-refractivity contribution < 1.29 is 23.7 Å². The maximum Gasteiger partial charge on any atom is 0.280 e. The minimum Gasteiger partial charge on any atom is -0.494 e. The number of hydrogen-bond acceptors (Lipinski definition) is 6. The van der Waals surface area contributed by atoms with Crippen LogP contribution in [0.15, 0.2) is 41.5 Å². The largest absolute Gasteiger partial charge is 0.494 e. The predicted molar refractivity (Wildman–Crippen MR) is 101 cm³/mol. The Labute approximate surface area is 161 Å². The Hall–Kier alpha value is -2.93. The lowest BCUT2D eigenvalue weighted by atomic mass is 10.2. The van der Waals surface area contributed by atoms with Crippen LogP contribution in [0.1, 0.15) is 19.4 Å². The lowest BCUT2D eigenvalue weighted by Crippen LogP contribution is -2.33. The summed E-state index contributed by atoms with van der Waals surface area (Å²) in [5, 5.41) is 4.35. The van der Waals surface area contributed by atoms with Crippen LogP contribution in [0.3, 0.4) is 0 Å². The van der Waals surface area contributed by atoms with Gasteiger partial charge in [-0.2, -0.15) is 5.10 Å². The lowest BCUT2D eigenvalue weighted by Gasteiger charge is -2.13. The number of nitrogens with one attached hydrogen (secondary N) is 1. The Balaban J connectivity index is 1.54. The third-order valence-electron chi connectivity index (χ3n) is 3.65. The smallest absolute Gasteiger partial charge is 0.280 e. The van der Waals surface area contributed by atoms with Crippen molar-refractivity contribution in [1.82, 2.24) is 5.43 Å². The van der Waals surface area contributed by atoms with Gasteiger partial charge in [-0.05, 0) is 55.8 Å². The molecular weight excluding hydrogens is 372 g/mol. The van der Waals surface area contributed by atoms with Gasteiger partial charge in [-0.1, -0.05) is 11.6 Å². The highest BCUT2D eigenvalue weighted by Crippen LogP contribution is 2.39. The molecule has 0 unspecified atom stereocenters. The second-order valence-corrected chi connectivity index (χ2v) is 6.04. The quantitative estimate of drug-likeness (QED) is 0.579. The molecule has 1 N–H and O–H groups in total. The van der Waals surface area contributed by atoms with E-state index in [1.54, 1.807) is 43.3 Å². The van der Waals surface area contributed by atoms with Crippen LogP contribution in [0.2, 0.25) is 5.02 Å². The zero-order valence-corrected chi connectivity index (χ0v) is 15.7. The van der Waals surface area contributed by atoms with E-state index in [-0.39, 0.29) is 12.7 Å². The molecule has 0 bridgehead atoms. The molecule has 1 aliphatic rings. The summed E-state index contributed by atoms with van der Waals surface area (Å²) in [7, 11) is 0. The summed E-state index contributed by atoms with van der Waals surface area (Å²) in [5.74, 6) is 1.98. The number of hydrogen-bond donors (Lipinski definition) is 1.